The smallest absolute Gasteiger partial charge is 0.229 e. The van der Waals surface area contributed by atoms with Crippen LogP contribution in [0.3, 0.4) is 0 Å². The molecule has 7 heteroatoms. The van der Waals surface area contributed by atoms with E-state index in [4.69, 9.17) is 11.6 Å². The second-order valence-electron chi connectivity index (χ2n) is 9.14. The van der Waals surface area contributed by atoms with Crippen molar-refractivity contribution in [2.75, 3.05) is 24.5 Å². The topological polar surface area (TPSA) is 66.4 Å². The summed E-state index contributed by atoms with van der Waals surface area (Å²) in [6, 6.07) is 3.71. The first-order valence-corrected chi connectivity index (χ1v) is 11.5. The van der Waals surface area contributed by atoms with E-state index in [-0.39, 0.29) is 17.2 Å². The van der Waals surface area contributed by atoms with Crippen molar-refractivity contribution in [2.45, 2.75) is 70.6 Å². The molecule has 1 aliphatic carbocycles. The highest BCUT2D eigenvalue weighted by Gasteiger charge is 2.44. The minimum absolute atomic E-state index is 0.00705. The molecule has 1 aromatic rings. The van der Waals surface area contributed by atoms with Gasteiger partial charge in [-0.1, -0.05) is 37.3 Å². The predicted molar refractivity (Wildman–Crippen MR) is 113 cm³/mol. The Morgan fingerprint density at radius 1 is 1.00 bits per heavy atom. The first kappa shape index (κ1) is 20.6. The lowest BCUT2D eigenvalue weighted by Crippen LogP contribution is -2.47. The summed E-state index contributed by atoms with van der Waals surface area (Å²) in [5, 5.41) is 8.52. The summed E-state index contributed by atoms with van der Waals surface area (Å²) >= 11 is 5.81. The fourth-order valence-corrected chi connectivity index (χ4v) is 5.49. The summed E-state index contributed by atoms with van der Waals surface area (Å²) in [5.74, 6) is 1.75. The van der Waals surface area contributed by atoms with Crippen molar-refractivity contribution in [1.82, 2.24) is 15.1 Å². The molecule has 0 N–H and O–H groups in total. The molecule has 1 saturated carbocycles. The number of anilines is 1. The molecule has 158 valence electrons. The van der Waals surface area contributed by atoms with Crippen LogP contribution in [0.4, 0.5) is 5.82 Å². The van der Waals surface area contributed by atoms with Gasteiger partial charge in [-0.05, 0) is 55.6 Å². The summed E-state index contributed by atoms with van der Waals surface area (Å²) in [4.78, 5) is 28.9. The Morgan fingerprint density at radius 3 is 2.31 bits per heavy atom. The van der Waals surface area contributed by atoms with Crippen LogP contribution >= 0.6 is 11.6 Å². The molecule has 4 rings (SSSR count). The molecule has 2 amide bonds. The predicted octanol–water partition coefficient (Wildman–Crippen LogP) is 4.23. The summed E-state index contributed by atoms with van der Waals surface area (Å²) < 4.78 is 0. The fraction of sp³-hybridized carbons (Fsp3) is 0.727. The van der Waals surface area contributed by atoms with Crippen molar-refractivity contribution in [3.05, 3.63) is 17.3 Å². The van der Waals surface area contributed by atoms with Crippen LogP contribution < -0.4 is 4.90 Å². The third-order valence-electron chi connectivity index (χ3n) is 7.12. The molecule has 6 nitrogen and oxygen atoms in total. The second-order valence-corrected chi connectivity index (χ2v) is 9.53. The minimum Gasteiger partial charge on any atom is -0.355 e. The normalized spacial score (nSPS) is 22.7. The molecule has 1 spiro atoms. The van der Waals surface area contributed by atoms with Crippen LogP contribution in [0, 0.1) is 11.3 Å². The number of imide groups is 1. The molecule has 29 heavy (non-hydrogen) atoms. The molecule has 0 unspecified atom stereocenters. The number of aromatic nitrogens is 2. The maximum atomic E-state index is 12.5. The van der Waals surface area contributed by atoms with Crippen molar-refractivity contribution >= 4 is 29.2 Å². The lowest BCUT2D eigenvalue weighted by molar-refractivity contribution is -0.153. The molecule has 2 saturated heterocycles. The molecule has 3 fully saturated rings. The second kappa shape index (κ2) is 8.99. The lowest BCUT2D eigenvalue weighted by atomic mass is 9.76. The van der Waals surface area contributed by atoms with E-state index in [1.54, 1.807) is 11.0 Å². The van der Waals surface area contributed by atoms with Crippen molar-refractivity contribution in [2.24, 2.45) is 11.3 Å². The van der Waals surface area contributed by atoms with Gasteiger partial charge in [-0.15, -0.1) is 10.2 Å². The van der Waals surface area contributed by atoms with Gasteiger partial charge in [0.05, 0.1) is 0 Å². The maximum Gasteiger partial charge on any atom is 0.229 e. The average molecular weight is 419 g/mol. The van der Waals surface area contributed by atoms with Gasteiger partial charge in [0, 0.05) is 32.5 Å². The van der Waals surface area contributed by atoms with Gasteiger partial charge in [0.2, 0.25) is 11.8 Å². The zero-order valence-electron chi connectivity index (χ0n) is 17.1. The van der Waals surface area contributed by atoms with Crippen LogP contribution in [0.5, 0.6) is 0 Å². The van der Waals surface area contributed by atoms with E-state index in [0.29, 0.717) is 30.5 Å². The van der Waals surface area contributed by atoms with E-state index in [2.05, 4.69) is 15.1 Å². The van der Waals surface area contributed by atoms with Crippen molar-refractivity contribution in [3.8, 4) is 0 Å². The monoisotopic (exact) mass is 418 g/mol. The number of likely N-dealkylation sites (tertiary alicyclic amines) is 1. The van der Waals surface area contributed by atoms with Crippen LogP contribution in [0.2, 0.25) is 5.15 Å². The highest BCUT2D eigenvalue weighted by Crippen LogP contribution is 2.46. The average Bonchev–Trinajstić information content (AvgIpc) is 3.15. The number of hydrogen-bond donors (Lipinski definition) is 0. The van der Waals surface area contributed by atoms with E-state index in [0.717, 1.165) is 57.4 Å². The minimum atomic E-state index is 0.00705. The molecular weight excluding hydrogens is 388 g/mol. The Balaban J connectivity index is 1.15. The highest BCUT2D eigenvalue weighted by molar-refractivity contribution is 6.29. The molecule has 3 heterocycles. The van der Waals surface area contributed by atoms with Crippen molar-refractivity contribution < 1.29 is 9.59 Å². The van der Waals surface area contributed by atoms with Crippen molar-refractivity contribution in [1.29, 1.82) is 0 Å². The standard InChI is InChI=1S/C22H31ClN4O2/c23-18-6-7-19(25-24-18)26-13-8-17(9-14-26)5-1-4-12-27-20(28)15-22(16-21(27)29)10-2-3-11-22/h6-7,17H,1-5,8-16H2. The maximum absolute atomic E-state index is 12.5. The van der Waals surface area contributed by atoms with Gasteiger partial charge in [0.15, 0.2) is 11.0 Å². The zero-order valence-corrected chi connectivity index (χ0v) is 17.9. The Labute approximate surface area is 178 Å². The fourth-order valence-electron chi connectivity index (χ4n) is 5.39. The Hall–Kier alpha value is -1.69. The van der Waals surface area contributed by atoms with Crippen LogP contribution in [-0.4, -0.2) is 46.5 Å². The van der Waals surface area contributed by atoms with Crippen LogP contribution in [0.25, 0.3) is 0 Å². The largest absolute Gasteiger partial charge is 0.355 e. The van der Waals surface area contributed by atoms with Gasteiger partial charge in [0.1, 0.15) is 0 Å². The zero-order chi connectivity index (χ0) is 20.3. The molecule has 1 aromatic heterocycles. The molecule has 0 bridgehead atoms. The number of amides is 2. The molecule has 2 aliphatic heterocycles. The van der Waals surface area contributed by atoms with E-state index in [1.807, 2.05) is 6.07 Å². The van der Waals surface area contributed by atoms with E-state index >= 15 is 0 Å². The Kier molecular flexibility index (Phi) is 6.38. The summed E-state index contributed by atoms with van der Waals surface area (Å²) in [6.07, 6.45) is 11.1. The molecule has 0 radical (unpaired) electrons. The first-order chi connectivity index (χ1) is 14.0. The molecular formula is C22H31ClN4O2. The Morgan fingerprint density at radius 2 is 1.69 bits per heavy atom. The van der Waals surface area contributed by atoms with E-state index in [9.17, 15) is 9.59 Å². The third-order valence-corrected chi connectivity index (χ3v) is 7.32. The number of hydrogen-bond acceptors (Lipinski definition) is 5. The number of piperidine rings is 2. The quantitative estimate of drug-likeness (QED) is 0.511. The number of nitrogens with zero attached hydrogens (tertiary/aromatic N) is 4. The molecule has 0 aromatic carbocycles. The van der Waals surface area contributed by atoms with Gasteiger partial charge >= 0.3 is 0 Å². The molecule has 0 atom stereocenters. The highest BCUT2D eigenvalue weighted by atomic mass is 35.5. The summed E-state index contributed by atoms with van der Waals surface area (Å²) in [7, 11) is 0. The van der Waals surface area contributed by atoms with Gasteiger partial charge in [0.25, 0.3) is 0 Å². The summed E-state index contributed by atoms with van der Waals surface area (Å²) in [6.45, 7) is 2.59. The van der Waals surface area contributed by atoms with Crippen LogP contribution in [-0.2, 0) is 9.59 Å². The lowest BCUT2D eigenvalue weighted by Gasteiger charge is -2.37. The SMILES string of the molecule is O=C1CC2(CCCC2)CC(=O)N1CCCCC1CCN(c2ccc(Cl)nn2)CC1. The van der Waals surface area contributed by atoms with Crippen LogP contribution in [0.15, 0.2) is 12.1 Å². The molecule has 3 aliphatic rings. The van der Waals surface area contributed by atoms with Gasteiger partial charge in [-0.25, -0.2) is 0 Å². The Bertz CT molecular complexity index is 705. The van der Waals surface area contributed by atoms with E-state index < -0.39 is 0 Å². The third kappa shape index (κ3) is 4.90. The number of rotatable bonds is 6. The number of carbonyl (C=O) groups excluding carboxylic acids is 2. The number of halogens is 1. The van der Waals surface area contributed by atoms with Gasteiger partial charge < -0.3 is 4.90 Å². The number of carbonyl (C=O) groups is 2. The van der Waals surface area contributed by atoms with Gasteiger partial charge in [-0.3, -0.25) is 14.5 Å². The van der Waals surface area contributed by atoms with Crippen molar-refractivity contribution in [3.63, 3.8) is 0 Å². The van der Waals surface area contributed by atoms with E-state index in [1.165, 1.54) is 19.3 Å². The number of unbranched alkanes of at least 4 members (excludes halogenated alkanes) is 1. The van der Waals surface area contributed by atoms with Crippen LogP contribution in [0.1, 0.15) is 70.6 Å². The first-order valence-electron chi connectivity index (χ1n) is 11.1. The summed E-state index contributed by atoms with van der Waals surface area (Å²) in [5.41, 5.74) is 0.00705. The van der Waals surface area contributed by atoms with Gasteiger partial charge in [-0.2, -0.15) is 0 Å².